The van der Waals surface area contributed by atoms with Crippen molar-refractivity contribution in [2.45, 2.75) is 38.3 Å². The minimum atomic E-state index is -0.731. The van der Waals surface area contributed by atoms with Crippen LogP contribution in [0.5, 0.6) is 11.5 Å². The van der Waals surface area contributed by atoms with Crippen LogP contribution in [-0.4, -0.2) is 46.1 Å². The Morgan fingerprint density at radius 1 is 1.03 bits per heavy atom. The molecule has 2 atom stereocenters. The van der Waals surface area contributed by atoms with E-state index in [4.69, 9.17) is 32.7 Å². The highest BCUT2D eigenvalue weighted by molar-refractivity contribution is 6.31. The summed E-state index contributed by atoms with van der Waals surface area (Å²) < 4.78 is 11.5. The van der Waals surface area contributed by atoms with E-state index in [1.807, 2.05) is 42.5 Å². The number of aromatic amines is 1. The number of fused-ring (bicyclic) bond motifs is 3. The Labute approximate surface area is 236 Å². The molecule has 4 aromatic rings. The van der Waals surface area contributed by atoms with Crippen LogP contribution in [0.2, 0.25) is 10.0 Å². The highest BCUT2D eigenvalue weighted by atomic mass is 35.5. The number of aliphatic hydroxyl groups is 1. The monoisotopic (exact) mass is 566 g/mol. The summed E-state index contributed by atoms with van der Waals surface area (Å²) in [5, 5.41) is 12.3. The number of aliphatic hydroxyl groups excluding tert-OH is 1. The summed E-state index contributed by atoms with van der Waals surface area (Å²) in [5.74, 6) is 1.02. The van der Waals surface area contributed by atoms with E-state index in [1.165, 1.54) is 6.92 Å². The molecule has 0 saturated carbocycles. The van der Waals surface area contributed by atoms with Crippen LogP contribution in [0.15, 0.2) is 66.7 Å². The van der Waals surface area contributed by atoms with Crippen LogP contribution in [0.1, 0.15) is 42.6 Å². The lowest BCUT2D eigenvalue weighted by atomic mass is 9.92. The maximum Gasteiger partial charge on any atom is 0.416 e. The fourth-order valence-electron chi connectivity index (χ4n) is 4.86. The number of nitrogens with one attached hydrogen (secondary N) is 1. The summed E-state index contributed by atoms with van der Waals surface area (Å²) in [6, 6.07) is 19.4. The molecule has 1 aliphatic rings. The summed E-state index contributed by atoms with van der Waals surface area (Å²) in [7, 11) is 0. The smallest absolute Gasteiger partial charge is 0.416 e. The number of rotatable bonds is 8. The molecule has 2 unspecified atom stereocenters. The van der Waals surface area contributed by atoms with Gasteiger partial charge in [-0.3, -0.25) is 4.90 Å². The summed E-state index contributed by atoms with van der Waals surface area (Å²) in [6.07, 6.45) is 0.101. The number of amides is 1. The molecule has 39 heavy (non-hydrogen) atoms. The lowest BCUT2D eigenvalue weighted by Gasteiger charge is -2.35. The van der Waals surface area contributed by atoms with Gasteiger partial charge in [-0.05, 0) is 85.5 Å². The van der Waals surface area contributed by atoms with E-state index in [2.05, 4.69) is 4.98 Å². The quantitative estimate of drug-likeness (QED) is 0.246. The highest BCUT2D eigenvalue weighted by Crippen LogP contribution is 2.40. The number of hydrogen-bond acceptors (Lipinski definition) is 5. The Hall–Kier alpha value is -3.52. The number of nitrogens with zero attached hydrogens (tertiary/aromatic N) is 1. The van der Waals surface area contributed by atoms with Gasteiger partial charge in [0.05, 0.1) is 6.10 Å². The minimum Gasteiger partial charge on any atom is -0.491 e. The summed E-state index contributed by atoms with van der Waals surface area (Å²) in [6.45, 7) is 2.03. The van der Waals surface area contributed by atoms with E-state index in [1.54, 1.807) is 29.2 Å². The maximum absolute atomic E-state index is 13.4. The minimum absolute atomic E-state index is 0.0312. The standard InChI is InChI=1S/C30H28Cl2N2O5/c1-18(35)2-8-22(36)17-38-23-9-3-19(4-10-23)29-28-25(26-16-21(32)7-13-27(26)33-28)14-15-34(29)30(37)39-24-11-5-20(31)6-12-24/h3-7,9-13,16,22,29,33,36H,2,8,14-15,17H2,1H3. The first-order valence-electron chi connectivity index (χ1n) is 12.7. The van der Waals surface area contributed by atoms with Gasteiger partial charge in [0, 0.05) is 39.6 Å². The van der Waals surface area contributed by atoms with Gasteiger partial charge in [0.1, 0.15) is 29.9 Å². The van der Waals surface area contributed by atoms with Gasteiger partial charge in [-0.25, -0.2) is 4.79 Å². The van der Waals surface area contributed by atoms with E-state index >= 15 is 0 Å². The number of aromatic nitrogens is 1. The molecular formula is C30H28Cl2N2O5. The molecular weight excluding hydrogens is 539 g/mol. The molecule has 0 spiro atoms. The molecule has 0 bridgehead atoms. The first-order chi connectivity index (χ1) is 18.8. The molecule has 0 aliphatic carbocycles. The van der Waals surface area contributed by atoms with Crippen LogP contribution in [0, 0.1) is 0 Å². The first kappa shape index (κ1) is 27.1. The van der Waals surface area contributed by atoms with Crippen LogP contribution in [-0.2, 0) is 11.2 Å². The first-order valence-corrected chi connectivity index (χ1v) is 13.5. The maximum atomic E-state index is 13.4. The fraction of sp³-hybridized carbons (Fsp3) is 0.267. The normalized spacial score (nSPS) is 15.6. The predicted octanol–water partition coefficient (Wildman–Crippen LogP) is 6.73. The molecule has 0 saturated heterocycles. The van der Waals surface area contributed by atoms with Gasteiger partial charge in [-0.1, -0.05) is 35.3 Å². The number of halogens is 2. The van der Waals surface area contributed by atoms with Crippen LogP contribution >= 0.6 is 23.2 Å². The number of hydrogen-bond donors (Lipinski definition) is 2. The van der Waals surface area contributed by atoms with Crippen LogP contribution in [0.25, 0.3) is 10.9 Å². The van der Waals surface area contributed by atoms with Crippen molar-refractivity contribution in [1.29, 1.82) is 0 Å². The molecule has 1 aromatic heterocycles. The molecule has 3 aromatic carbocycles. The number of ether oxygens (including phenoxy) is 2. The number of H-pyrrole nitrogens is 1. The van der Waals surface area contributed by atoms with Crippen LogP contribution in [0.3, 0.4) is 0 Å². The Bertz CT molecular complexity index is 1480. The van der Waals surface area contributed by atoms with Gasteiger partial charge in [0.2, 0.25) is 0 Å². The van der Waals surface area contributed by atoms with Gasteiger partial charge >= 0.3 is 6.09 Å². The van der Waals surface area contributed by atoms with Crippen molar-refractivity contribution in [2.75, 3.05) is 13.2 Å². The van der Waals surface area contributed by atoms with Crippen LogP contribution in [0.4, 0.5) is 4.79 Å². The Morgan fingerprint density at radius 2 is 1.72 bits per heavy atom. The Kier molecular flexibility index (Phi) is 8.12. The summed E-state index contributed by atoms with van der Waals surface area (Å²) in [5.41, 5.74) is 3.83. The zero-order chi connectivity index (χ0) is 27.5. The zero-order valence-corrected chi connectivity index (χ0v) is 22.8. The second-order valence-corrected chi connectivity index (χ2v) is 10.5. The molecule has 0 fully saturated rings. The number of ketones is 1. The van der Waals surface area contributed by atoms with Crippen LogP contribution < -0.4 is 9.47 Å². The molecule has 2 N–H and O–H groups in total. The lowest BCUT2D eigenvalue weighted by molar-refractivity contribution is -0.117. The molecule has 9 heteroatoms. The van der Waals surface area contributed by atoms with Crippen molar-refractivity contribution in [2.24, 2.45) is 0 Å². The van der Waals surface area contributed by atoms with Gasteiger partial charge < -0.3 is 24.4 Å². The number of carbonyl (C=O) groups excluding carboxylic acids is 2. The lowest BCUT2D eigenvalue weighted by Crippen LogP contribution is -2.42. The van der Waals surface area contributed by atoms with Gasteiger partial charge in [0.25, 0.3) is 0 Å². The number of carbonyl (C=O) groups is 2. The highest BCUT2D eigenvalue weighted by Gasteiger charge is 2.35. The topological polar surface area (TPSA) is 91.9 Å². The fourth-order valence-corrected chi connectivity index (χ4v) is 5.16. The Morgan fingerprint density at radius 3 is 2.44 bits per heavy atom. The van der Waals surface area contributed by atoms with Crippen molar-refractivity contribution in [3.05, 3.63) is 93.6 Å². The molecule has 7 nitrogen and oxygen atoms in total. The number of Topliss-reactive ketones (excluding diaryl/α,β-unsaturated/α-hetero) is 1. The molecule has 1 amide bonds. The average molecular weight is 567 g/mol. The predicted molar refractivity (Wildman–Crippen MR) is 151 cm³/mol. The molecule has 0 radical (unpaired) electrons. The van der Waals surface area contributed by atoms with Crippen molar-refractivity contribution >= 4 is 46.0 Å². The van der Waals surface area contributed by atoms with Crippen molar-refractivity contribution in [3.8, 4) is 11.5 Å². The summed E-state index contributed by atoms with van der Waals surface area (Å²) >= 11 is 12.3. The van der Waals surface area contributed by atoms with E-state index in [0.717, 1.165) is 27.7 Å². The molecule has 202 valence electrons. The molecule has 2 heterocycles. The van der Waals surface area contributed by atoms with Crippen molar-refractivity contribution < 1.29 is 24.2 Å². The van der Waals surface area contributed by atoms with E-state index in [0.29, 0.717) is 47.4 Å². The summed E-state index contributed by atoms with van der Waals surface area (Å²) in [4.78, 5) is 29.8. The second kappa shape index (κ2) is 11.7. The second-order valence-electron chi connectivity index (χ2n) is 9.65. The van der Waals surface area contributed by atoms with Crippen molar-refractivity contribution in [1.82, 2.24) is 9.88 Å². The number of benzene rings is 3. The zero-order valence-electron chi connectivity index (χ0n) is 21.3. The van der Waals surface area contributed by atoms with E-state index in [9.17, 15) is 14.7 Å². The van der Waals surface area contributed by atoms with E-state index in [-0.39, 0.29) is 12.4 Å². The molecule has 5 rings (SSSR count). The average Bonchev–Trinajstić information content (AvgIpc) is 3.29. The third-order valence-corrected chi connectivity index (χ3v) is 7.30. The SMILES string of the molecule is CC(=O)CCC(O)COc1ccc(C2c3[nH]c4ccc(Cl)cc4c3CCN2C(=O)Oc2ccc(Cl)cc2)cc1. The van der Waals surface area contributed by atoms with Gasteiger partial charge in [-0.15, -0.1) is 0 Å². The largest absolute Gasteiger partial charge is 0.491 e. The molecule has 1 aliphatic heterocycles. The Balaban J connectivity index is 1.42. The van der Waals surface area contributed by atoms with Gasteiger partial charge in [0.15, 0.2) is 0 Å². The van der Waals surface area contributed by atoms with Crippen molar-refractivity contribution in [3.63, 3.8) is 0 Å². The van der Waals surface area contributed by atoms with Gasteiger partial charge in [-0.2, -0.15) is 0 Å². The van der Waals surface area contributed by atoms with E-state index < -0.39 is 18.2 Å². The third-order valence-electron chi connectivity index (χ3n) is 6.81. The third kappa shape index (κ3) is 6.22.